The van der Waals surface area contributed by atoms with Crippen LogP contribution in [0.15, 0.2) is 22.6 Å². The molecule has 2 heterocycles. The summed E-state index contributed by atoms with van der Waals surface area (Å²) in [6.45, 7) is 7.31. The van der Waals surface area contributed by atoms with Crippen LogP contribution in [0.25, 0.3) is 0 Å². The van der Waals surface area contributed by atoms with Crippen LogP contribution in [0.4, 0.5) is 11.6 Å². The van der Waals surface area contributed by atoms with Gasteiger partial charge < -0.3 is 15.1 Å². The highest BCUT2D eigenvalue weighted by Gasteiger charge is 2.03. The van der Waals surface area contributed by atoms with E-state index in [2.05, 4.69) is 20.6 Å². The lowest BCUT2D eigenvalue weighted by Crippen LogP contribution is -2.06. The second kappa shape index (κ2) is 5.53. The molecule has 0 fully saturated rings. The molecular formula is C13H18N4O. The van der Waals surface area contributed by atoms with Crippen molar-refractivity contribution < 1.29 is 4.42 Å². The highest BCUT2D eigenvalue weighted by atomic mass is 16.3. The molecule has 0 spiro atoms. The number of furan rings is 1. The molecule has 0 atom stereocenters. The van der Waals surface area contributed by atoms with Crippen molar-refractivity contribution in [2.75, 3.05) is 17.2 Å². The van der Waals surface area contributed by atoms with Crippen molar-refractivity contribution in [2.24, 2.45) is 0 Å². The number of hydrogen-bond donors (Lipinski definition) is 2. The third-order valence-corrected chi connectivity index (χ3v) is 2.44. The lowest BCUT2D eigenvalue weighted by Gasteiger charge is -2.08. The molecule has 2 N–H and O–H groups in total. The zero-order chi connectivity index (χ0) is 13.0. The van der Waals surface area contributed by atoms with Gasteiger partial charge in [0.15, 0.2) is 0 Å². The van der Waals surface area contributed by atoms with Gasteiger partial charge in [-0.05, 0) is 32.9 Å². The zero-order valence-corrected chi connectivity index (χ0v) is 10.9. The fraction of sp³-hybridized carbons (Fsp3) is 0.385. The first kappa shape index (κ1) is 12.4. The van der Waals surface area contributed by atoms with Gasteiger partial charge in [0.1, 0.15) is 29.0 Å². The van der Waals surface area contributed by atoms with Gasteiger partial charge in [-0.2, -0.15) is 0 Å². The molecule has 0 radical (unpaired) electrons. The summed E-state index contributed by atoms with van der Waals surface area (Å²) in [5, 5.41) is 6.41. The SMILES string of the molecule is CCNc1cc(NCc2ccc(C)o2)nc(C)n1. The van der Waals surface area contributed by atoms with E-state index in [4.69, 9.17) is 4.42 Å². The van der Waals surface area contributed by atoms with Crippen molar-refractivity contribution in [2.45, 2.75) is 27.3 Å². The van der Waals surface area contributed by atoms with E-state index in [1.54, 1.807) is 0 Å². The van der Waals surface area contributed by atoms with Crippen molar-refractivity contribution in [1.82, 2.24) is 9.97 Å². The summed E-state index contributed by atoms with van der Waals surface area (Å²) in [7, 11) is 0. The van der Waals surface area contributed by atoms with E-state index in [1.165, 1.54) is 0 Å². The normalized spacial score (nSPS) is 10.4. The number of aryl methyl sites for hydroxylation is 2. The summed E-state index contributed by atoms with van der Waals surface area (Å²) >= 11 is 0. The van der Waals surface area contributed by atoms with Crippen LogP contribution in [0.3, 0.4) is 0 Å². The van der Waals surface area contributed by atoms with E-state index in [0.29, 0.717) is 6.54 Å². The van der Waals surface area contributed by atoms with Crippen molar-refractivity contribution in [3.8, 4) is 0 Å². The third-order valence-electron chi connectivity index (χ3n) is 2.44. The Morgan fingerprint density at radius 3 is 2.44 bits per heavy atom. The largest absolute Gasteiger partial charge is 0.465 e. The van der Waals surface area contributed by atoms with Crippen LogP contribution in [0, 0.1) is 13.8 Å². The van der Waals surface area contributed by atoms with Crippen LogP contribution in [-0.2, 0) is 6.54 Å². The second-order valence-corrected chi connectivity index (χ2v) is 4.08. The van der Waals surface area contributed by atoms with Gasteiger partial charge in [-0.3, -0.25) is 0 Å². The van der Waals surface area contributed by atoms with Gasteiger partial charge in [0.25, 0.3) is 0 Å². The Morgan fingerprint density at radius 1 is 1.11 bits per heavy atom. The van der Waals surface area contributed by atoms with Crippen molar-refractivity contribution >= 4 is 11.6 Å². The van der Waals surface area contributed by atoms with Gasteiger partial charge in [-0.25, -0.2) is 9.97 Å². The smallest absolute Gasteiger partial charge is 0.132 e. The number of nitrogens with zero attached hydrogens (tertiary/aromatic N) is 2. The minimum Gasteiger partial charge on any atom is -0.465 e. The maximum Gasteiger partial charge on any atom is 0.132 e. The van der Waals surface area contributed by atoms with Crippen LogP contribution in [0.1, 0.15) is 24.3 Å². The maximum absolute atomic E-state index is 5.49. The van der Waals surface area contributed by atoms with Gasteiger partial charge in [-0.15, -0.1) is 0 Å². The first-order chi connectivity index (χ1) is 8.67. The van der Waals surface area contributed by atoms with E-state index >= 15 is 0 Å². The van der Waals surface area contributed by atoms with E-state index in [0.717, 1.165) is 35.5 Å². The predicted octanol–water partition coefficient (Wildman–Crippen LogP) is 2.73. The fourth-order valence-electron chi connectivity index (χ4n) is 1.69. The van der Waals surface area contributed by atoms with Gasteiger partial charge >= 0.3 is 0 Å². The molecule has 0 bridgehead atoms. The van der Waals surface area contributed by atoms with Crippen molar-refractivity contribution in [3.05, 3.63) is 35.5 Å². The molecule has 5 heteroatoms. The Labute approximate surface area is 107 Å². The Balaban J connectivity index is 2.04. The van der Waals surface area contributed by atoms with E-state index in [1.807, 2.05) is 39.0 Å². The lowest BCUT2D eigenvalue weighted by atomic mass is 10.4. The monoisotopic (exact) mass is 246 g/mol. The van der Waals surface area contributed by atoms with E-state index in [9.17, 15) is 0 Å². The summed E-state index contributed by atoms with van der Waals surface area (Å²) in [5.41, 5.74) is 0. The molecule has 0 amide bonds. The highest BCUT2D eigenvalue weighted by molar-refractivity contribution is 5.47. The summed E-state index contributed by atoms with van der Waals surface area (Å²) in [5.74, 6) is 4.19. The molecule has 2 aromatic heterocycles. The molecule has 0 aliphatic heterocycles. The average molecular weight is 246 g/mol. The van der Waals surface area contributed by atoms with Crippen LogP contribution in [0.2, 0.25) is 0 Å². The number of hydrogen-bond acceptors (Lipinski definition) is 5. The third kappa shape index (κ3) is 3.23. The van der Waals surface area contributed by atoms with Crippen molar-refractivity contribution in [3.63, 3.8) is 0 Å². The molecule has 2 aromatic rings. The van der Waals surface area contributed by atoms with Gasteiger partial charge in [0, 0.05) is 12.6 Å². The fourth-order valence-corrected chi connectivity index (χ4v) is 1.69. The second-order valence-electron chi connectivity index (χ2n) is 4.08. The Kier molecular flexibility index (Phi) is 3.82. The summed E-state index contributed by atoms with van der Waals surface area (Å²) < 4.78 is 5.49. The van der Waals surface area contributed by atoms with Gasteiger partial charge in [0.05, 0.1) is 6.54 Å². The molecule has 5 nitrogen and oxygen atoms in total. The number of nitrogens with one attached hydrogen (secondary N) is 2. The summed E-state index contributed by atoms with van der Waals surface area (Å²) in [6.07, 6.45) is 0. The number of aromatic nitrogens is 2. The minimum absolute atomic E-state index is 0.621. The molecule has 18 heavy (non-hydrogen) atoms. The average Bonchev–Trinajstić information content (AvgIpc) is 2.72. The molecule has 0 aliphatic carbocycles. The minimum atomic E-state index is 0.621. The highest BCUT2D eigenvalue weighted by Crippen LogP contribution is 2.13. The molecule has 2 rings (SSSR count). The van der Waals surface area contributed by atoms with Crippen LogP contribution in [0.5, 0.6) is 0 Å². The Morgan fingerprint density at radius 2 is 1.83 bits per heavy atom. The van der Waals surface area contributed by atoms with E-state index < -0.39 is 0 Å². The molecule has 0 aromatic carbocycles. The van der Waals surface area contributed by atoms with Crippen molar-refractivity contribution in [1.29, 1.82) is 0 Å². The lowest BCUT2D eigenvalue weighted by molar-refractivity contribution is 0.490. The summed E-state index contributed by atoms with van der Waals surface area (Å²) in [6, 6.07) is 5.81. The van der Waals surface area contributed by atoms with E-state index in [-0.39, 0.29) is 0 Å². The van der Waals surface area contributed by atoms with Gasteiger partial charge in [-0.1, -0.05) is 0 Å². The van der Waals surface area contributed by atoms with Crippen LogP contribution in [-0.4, -0.2) is 16.5 Å². The topological polar surface area (TPSA) is 63.0 Å². The predicted molar refractivity (Wildman–Crippen MR) is 71.7 cm³/mol. The first-order valence-electron chi connectivity index (χ1n) is 6.06. The van der Waals surface area contributed by atoms with Crippen LogP contribution < -0.4 is 10.6 Å². The quantitative estimate of drug-likeness (QED) is 0.849. The molecule has 0 unspecified atom stereocenters. The number of rotatable bonds is 5. The molecule has 0 saturated heterocycles. The zero-order valence-electron chi connectivity index (χ0n) is 10.9. The Hall–Kier alpha value is -2.04. The molecule has 0 saturated carbocycles. The maximum atomic E-state index is 5.49. The molecular weight excluding hydrogens is 228 g/mol. The van der Waals surface area contributed by atoms with Gasteiger partial charge in [0.2, 0.25) is 0 Å². The molecule has 0 aliphatic rings. The number of anilines is 2. The molecule has 96 valence electrons. The summed E-state index contributed by atoms with van der Waals surface area (Å²) in [4.78, 5) is 8.63. The van der Waals surface area contributed by atoms with Crippen LogP contribution >= 0.6 is 0 Å². The Bertz CT molecular complexity index is 521. The first-order valence-corrected chi connectivity index (χ1v) is 6.06. The standard InChI is InChI=1S/C13H18N4O/c1-4-14-12-7-13(17-10(3)16-12)15-8-11-6-5-9(2)18-11/h5-7H,4,8H2,1-3H3,(H2,14,15,16,17).